The first kappa shape index (κ1) is 15.1. The molecule has 1 amide bonds. The molecular formula is C19H20ClNO. The second kappa shape index (κ2) is 6.13. The summed E-state index contributed by atoms with van der Waals surface area (Å²) in [5, 5.41) is 0.712. The van der Waals surface area contributed by atoms with Crippen LogP contribution in [0.2, 0.25) is 5.02 Å². The fraction of sp³-hybridized carbons (Fsp3) is 0.316. The number of nitrogens with zero attached hydrogens (tertiary/aromatic N) is 1. The lowest BCUT2D eigenvalue weighted by Gasteiger charge is -2.26. The van der Waals surface area contributed by atoms with Gasteiger partial charge in [0.05, 0.1) is 5.41 Å². The van der Waals surface area contributed by atoms with Gasteiger partial charge in [-0.05, 0) is 43.0 Å². The van der Waals surface area contributed by atoms with Gasteiger partial charge in [0.1, 0.15) is 0 Å². The average Bonchev–Trinajstić information content (AvgIpc) is 3.35. The van der Waals surface area contributed by atoms with Crippen molar-refractivity contribution in [2.24, 2.45) is 0 Å². The normalized spacial score (nSPS) is 15.4. The van der Waals surface area contributed by atoms with E-state index >= 15 is 0 Å². The zero-order valence-corrected chi connectivity index (χ0v) is 13.5. The van der Waals surface area contributed by atoms with Gasteiger partial charge in [0.15, 0.2) is 0 Å². The Hall–Kier alpha value is -1.80. The Morgan fingerprint density at radius 1 is 1.09 bits per heavy atom. The summed E-state index contributed by atoms with van der Waals surface area (Å²) in [5.41, 5.74) is 1.94. The van der Waals surface area contributed by atoms with Crippen LogP contribution >= 0.6 is 11.6 Å². The van der Waals surface area contributed by atoms with Crippen LogP contribution in [0.4, 0.5) is 0 Å². The fourth-order valence-electron chi connectivity index (χ4n) is 2.95. The molecule has 2 aromatic rings. The number of benzene rings is 2. The van der Waals surface area contributed by atoms with Gasteiger partial charge in [-0.25, -0.2) is 0 Å². The molecule has 2 nitrogen and oxygen atoms in total. The molecule has 3 heteroatoms. The van der Waals surface area contributed by atoms with Gasteiger partial charge in [-0.2, -0.15) is 0 Å². The van der Waals surface area contributed by atoms with E-state index in [-0.39, 0.29) is 11.3 Å². The molecule has 0 aromatic heterocycles. The topological polar surface area (TPSA) is 20.3 Å². The lowest BCUT2D eigenvalue weighted by molar-refractivity contribution is -0.134. The van der Waals surface area contributed by atoms with Gasteiger partial charge in [0.25, 0.3) is 0 Å². The van der Waals surface area contributed by atoms with E-state index in [4.69, 9.17) is 11.6 Å². The van der Waals surface area contributed by atoms with Gasteiger partial charge in [0, 0.05) is 18.1 Å². The number of hydrogen-bond acceptors (Lipinski definition) is 1. The van der Waals surface area contributed by atoms with Crippen LogP contribution < -0.4 is 0 Å². The molecule has 3 rings (SSSR count). The van der Waals surface area contributed by atoms with Crippen molar-refractivity contribution in [1.29, 1.82) is 0 Å². The van der Waals surface area contributed by atoms with E-state index in [1.165, 1.54) is 5.56 Å². The van der Waals surface area contributed by atoms with E-state index in [9.17, 15) is 4.79 Å². The third-order valence-electron chi connectivity index (χ3n) is 4.44. The first-order valence-corrected chi connectivity index (χ1v) is 8.13. The fourth-order valence-corrected chi connectivity index (χ4v) is 3.08. The molecule has 0 bridgehead atoms. The minimum absolute atomic E-state index is 0.237. The molecule has 0 saturated heterocycles. The third kappa shape index (κ3) is 2.89. The van der Waals surface area contributed by atoms with Gasteiger partial charge < -0.3 is 4.90 Å². The molecule has 0 radical (unpaired) electrons. The molecule has 1 fully saturated rings. The number of carbonyl (C=O) groups is 1. The van der Waals surface area contributed by atoms with E-state index < -0.39 is 0 Å². The van der Waals surface area contributed by atoms with Gasteiger partial charge in [-0.1, -0.05) is 54.1 Å². The first-order chi connectivity index (χ1) is 10.7. The molecule has 1 saturated carbocycles. The van der Waals surface area contributed by atoms with Crippen LogP contribution in [-0.4, -0.2) is 17.4 Å². The van der Waals surface area contributed by atoms with Crippen molar-refractivity contribution < 1.29 is 4.79 Å². The Bertz CT molecular complexity index is 647. The van der Waals surface area contributed by atoms with E-state index in [0.29, 0.717) is 11.6 Å². The van der Waals surface area contributed by atoms with E-state index in [1.807, 2.05) is 54.3 Å². The van der Waals surface area contributed by atoms with E-state index in [1.54, 1.807) is 0 Å². The zero-order valence-electron chi connectivity index (χ0n) is 12.8. The van der Waals surface area contributed by atoms with Gasteiger partial charge in [-0.15, -0.1) is 0 Å². The van der Waals surface area contributed by atoms with Crippen molar-refractivity contribution in [1.82, 2.24) is 4.90 Å². The average molecular weight is 314 g/mol. The van der Waals surface area contributed by atoms with Crippen molar-refractivity contribution in [2.75, 3.05) is 6.54 Å². The smallest absolute Gasteiger partial charge is 0.233 e. The summed E-state index contributed by atoms with van der Waals surface area (Å²) in [4.78, 5) is 15.0. The van der Waals surface area contributed by atoms with Crippen LogP contribution in [0.25, 0.3) is 0 Å². The maximum absolute atomic E-state index is 13.0. The van der Waals surface area contributed by atoms with E-state index in [2.05, 4.69) is 12.1 Å². The van der Waals surface area contributed by atoms with Crippen LogP contribution in [0.15, 0.2) is 54.6 Å². The number of likely N-dealkylation sites (N-methyl/N-ethyl adjacent to an activating group) is 1. The summed E-state index contributed by atoms with van der Waals surface area (Å²) in [6, 6.07) is 17.9. The number of halogens is 1. The van der Waals surface area contributed by atoms with Crippen LogP contribution in [0.5, 0.6) is 0 Å². The van der Waals surface area contributed by atoms with Crippen molar-refractivity contribution in [3.05, 3.63) is 70.7 Å². The summed E-state index contributed by atoms with van der Waals surface area (Å²) in [7, 11) is 0. The van der Waals surface area contributed by atoms with Crippen molar-refractivity contribution in [3.8, 4) is 0 Å². The molecule has 0 aliphatic heterocycles. The largest absolute Gasteiger partial charge is 0.338 e. The summed E-state index contributed by atoms with van der Waals surface area (Å²) in [6.07, 6.45) is 1.86. The third-order valence-corrected chi connectivity index (χ3v) is 4.69. The molecule has 0 spiro atoms. The molecule has 1 aliphatic carbocycles. The predicted molar refractivity (Wildman–Crippen MR) is 89.9 cm³/mol. The molecule has 2 aromatic carbocycles. The maximum atomic E-state index is 13.0. The van der Waals surface area contributed by atoms with E-state index in [0.717, 1.165) is 24.9 Å². The Morgan fingerprint density at radius 2 is 1.73 bits per heavy atom. The SMILES string of the molecule is CCN(Cc1ccccc1)C(=O)C1(c2ccc(Cl)cc2)CC1. The monoisotopic (exact) mass is 313 g/mol. The van der Waals surface area contributed by atoms with Crippen LogP contribution in [0.1, 0.15) is 30.9 Å². The summed E-state index contributed by atoms with van der Waals surface area (Å²) < 4.78 is 0. The quantitative estimate of drug-likeness (QED) is 0.800. The number of carbonyl (C=O) groups excluding carboxylic acids is 1. The Labute approximate surface area is 136 Å². The second-order valence-electron chi connectivity index (χ2n) is 5.89. The lowest BCUT2D eigenvalue weighted by Crippen LogP contribution is -2.38. The van der Waals surface area contributed by atoms with Gasteiger partial charge in [0.2, 0.25) is 5.91 Å². The lowest BCUT2D eigenvalue weighted by atomic mass is 9.94. The van der Waals surface area contributed by atoms with Crippen molar-refractivity contribution >= 4 is 17.5 Å². The van der Waals surface area contributed by atoms with Gasteiger partial charge in [-0.3, -0.25) is 4.79 Å². The molecule has 114 valence electrons. The molecular weight excluding hydrogens is 294 g/mol. The highest BCUT2D eigenvalue weighted by Crippen LogP contribution is 2.49. The molecule has 0 unspecified atom stereocenters. The van der Waals surface area contributed by atoms with Crippen LogP contribution in [0, 0.1) is 0 Å². The highest BCUT2D eigenvalue weighted by atomic mass is 35.5. The number of amides is 1. The highest BCUT2D eigenvalue weighted by Gasteiger charge is 2.52. The molecule has 0 N–H and O–H groups in total. The highest BCUT2D eigenvalue weighted by molar-refractivity contribution is 6.30. The standard InChI is InChI=1S/C19H20ClNO/c1-2-21(14-15-6-4-3-5-7-15)18(22)19(12-13-19)16-8-10-17(20)11-9-16/h3-11H,2,12-14H2,1H3. The second-order valence-corrected chi connectivity index (χ2v) is 6.33. The molecule has 0 atom stereocenters. The number of hydrogen-bond donors (Lipinski definition) is 0. The summed E-state index contributed by atoms with van der Waals surface area (Å²) in [5.74, 6) is 0.237. The predicted octanol–water partition coefficient (Wildman–Crippen LogP) is 4.42. The van der Waals surface area contributed by atoms with Crippen LogP contribution in [0.3, 0.4) is 0 Å². The van der Waals surface area contributed by atoms with Crippen molar-refractivity contribution in [3.63, 3.8) is 0 Å². The van der Waals surface area contributed by atoms with Crippen LogP contribution in [-0.2, 0) is 16.8 Å². The Morgan fingerprint density at radius 3 is 2.27 bits per heavy atom. The molecule has 22 heavy (non-hydrogen) atoms. The maximum Gasteiger partial charge on any atom is 0.233 e. The zero-order chi connectivity index (χ0) is 15.6. The Kier molecular flexibility index (Phi) is 4.21. The summed E-state index contributed by atoms with van der Waals surface area (Å²) >= 11 is 5.96. The summed E-state index contributed by atoms with van der Waals surface area (Å²) in [6.45, 7) is 3.44. The molecule has 0 heterocycles. The first-order valence-electron chi connectivity index (χ1n) is 7.75. The minimum atomic E-state index is -0.324. The minimum Gasteiger partial charge on any atom is -0.338 e. The Balaban J connectivity index is 1.80. The number of rotatable bonds is 5. The molecule has 1 aliphatic rings. The van der Waals surface area contributed by atoms with Gasteiger partial charge >= 0.3 is 0 Å². The van der Waals surface area contributed by atoms with Crippen molar-refractivity contribution in [2.45, 2.75) is 31.7 Å².